The summed E-state index contributed by atoms with van der Waals surface area (Å²) in [4.78, 5) is 0. The van der Waals surface area contributed by atoms with Gasteiger partial charge in [-0.1, -0.05) is 26.7 Å². The van der Waals surface area contributed by atoms with E-state index >= 15 is 0 Å². The Balaban J connectivity index is 1.74. The molecule has 0 unspecified atom stereocenters. The van der Waals surface area contributed by atoms with Crippen LogP contribution in [-0.2, 0) is 0 Å². The van der Waals surface area contributed by atoms with Crippen LogP contribution in [0.25, 0.3) is 0 Å². The van der Waals surface area contributed by atoms with Crippen molar-refractivity contribution in [1.82, 2.24) is 10.6 Å². The zero-order valence-corrected chi connectivity index (χ0v) is 11.8. The predicted octanol–water partition coefficient (Wildman–Crippen LogP) is 2.94. The van der Waals surface area contributed by atoms with Crippen LogP contribution in [0.3, 0.4) is 0 Å². The Hall–Kier alpha value is -0.0800. The van der Waals surface area contributed by atoms with E-state index in [1.165, 1.54) is 71.1 Å². The van der Waals surface area contributed by atoms with Crippen molar-refractivity contribution in [2.24, 2.45) is 10.8 Å². The Labute approximate surface area is 107 Å². The number of piperidine rings is 1. The molecule has 2 aliphatic rings. The molecule has 0 aromatic carbocycles. The maximum Gasteiger partial charge on any atom is 0.000793 e. The highest BCUT2D eigenvalue weighted by molar-refractivity contribution is 4.88. The molecule has 1 aliphatic heterocycles. The second-order valence-corrected chi connectivity index (χ2v) is 6.72. The average Bonchev–Trinajstić information content (AvgIpc) is 2.79. The lowest BCUT2D eigenvalue weighted by atomic mass is 9.79. The van der Waals surface area contributed by atoms with E-state index in [1.807, 2.05) is 0 Å². The van der Waals surface area contributed by atoms with Gasteiger partial charge < -0.3 is 10.6 Å². The molecule has 1 aliphatic carbocycles. The fourth-order valence-electron chi connectivity index (χ4n) is 3.62. The van der Waals surface area contributed by atoms with Crippen LogP contribution in [-0.4, -0.2) is 26.2 Å². The highest BCUT2D eigenvalue weighted by Crippen LogP contribution is 2.40. The Morgan fingerprint density at radius 3 is 2.24 bits per heavy atom. The summed E-state index contributed by atoms with van der Waals surface area (Å²) in [5, 5.41) is 7.26. The molecular formula is C15H30N2. The van der Waals surface area contributed by atoms with E-state index in [4.69, 9.17) is 0 Å². The summed E-state index contributed by atoms with van der Waals surface area (Å²) in [5.41, 5.74) is 1.18. The topological polar surface area (TPSA) is 24.1 Å². The quantitative estimate of drug-likeness (QED) is 0.769. The van der Waals surface area contributed by atoms with Crippen molar-refractivity contribution < 1.29 is 0 Å². The van der Waals surface area contributed by atoms with Gasteiger partial charge in [-0.05, 0) is 56.0 Å². The molecule has 1 saturated heterocycles. The third kappa shape index (κ3) is 3.45. The lowest BCUT2D eigenvalue weighted by Gasteiger charge is -2.36. The summed E-state index contributed by atoms with van der Waals surface area (Å²) in [6, 6.07) is 0. The van der Waals surface area contributed by atoms with Crippen molar-refractivity contribution in [3.8, 4) is 0 Å². The summed E-state index contributed by atoms with van der Waals surface area (Å²) in [7, 11) is 0. The third-order valence-electron chi connectivity index (χ3n) is 5.28. The molecular weight excluding hydrogens is 208 g/mol. The molecule has 2 fully saturated rings. The van der Waals surface area contributed by atoms with E-state index in [-0.39, 0.29) is 0 Å². The van der Waals surface area contributed by atoms with E-state index in [0.29, 0.717) is 10.8 Å². The SMILES string of the molecule is CCC1(CNCC2(C)CCNCC2)CCCC1. The van der Waals surface area contributed by atoms with Gasteiger partial charge in [0.05, 0.1) is 0 Å². The Kier molecular flexibility index (Phi) is 4.48. The minimum absolute atomic E-state index is 0.540. The lowest BCUT2D eigenvalue weighted by molar-refractivity contribution is 0.195. The molecule has 17 heavy (non-hydrogen) atoms. The van der Waals surface area contributed by atoms with Gasteiger partial charge in [0.2, 0.25) is 0 Å². The van der Waals surface area contributed by atoms with Crippen LogP contribution in [0.2, 0.25) is 0 Å². The zero-order chi connectivity index (χ0) is 12.2. The van der Waals surface area contributed by atoms with Gasteiger partial charge in [0.25, 0.3) is 0 Å². The molecule has 0 aromatic rings. The van der Waals surface area contributed by atoms with Crippen LogP contribution in [0.5, 0.6) is 0 Å². The van der Waals surface area contributed by atoms with Gasteiger partial charge in [0.1, 0.15) is 0 Å². The summed E-state index contributed by atoms with van der Waals surface area (Å²) in [5.74, 6) is 0. The molecule has 1 heterocycles. The highest BCUT2D eigenvalue weighted by Gasteiger charge is 2.33. The van der Waals surface area contributed by atoms with Crippen molar-refractivity contribution in [2.45, 2.75) is 58.8 Å². The van der Waals surface area contributed by atoms with Gasteiger partial charge in [0, 0.05) is 13.1 Å². The van der Waals surface area contributed by atoms with E-state index in [9.17, 15) is 0 Å². The van der Waals surface area contributed by atoms with Crippen molar-refractivity contribution in [1.29, 1.82) is 0 Å². The second kappa shape index (κ2) is 5.71. The molecule has 0 atom stereocenters. The molecule has 0 radical (unpaired) electrons. The van der Waals surface area contributed by atoms with Gasteiger partial charge in [-0.2, -0.15) is 0 Å². The molecule has 0 bridgehead atoms. The highest BCUT2D eigenvalue weighted by atomic mass is 14.9. The molecule has 1 saturated carbocycles. The zero-order valence-electron chi connectivity index (χ0n) is 11.8. The van der Waals surface area contributed by atoms with E-state index < -0.39 is 0 Å². The van der Waals surface area contributed by atoms with Crippen molar-refractivity contribution in [3.63, 3.8) is 0 Å². The standard InChI is InChI=1S/C15H30N2/c1-3-15(6-4-5-7-15)13-17-12-14(2)8-10-16-11-9-14/h16-17H,3-13H2,1-2H3. The van der Waals surface area contributed by atoms with Crippen molar-refractivity contribution in [2.75, 3.05) is 26.2 Å². The van der Waals surface area contributed by atoms with Crippen LogP contribution in [0.4, 0.5) is 0 Å². The summed E-state index contributed by atoms with van der Waals surface area (Å²) >= 11 is 0. The Bertz CT molecular complexity index is 225. The molecule has 2 rings (SSSR count). The lowest BCUT2D eigenvalue weighted by Crippen LogP contribution is -2.43. The smallest absolute Gasteiger partial charge is 0.000793 e. The van der Waals surface area contributed by atoms with Crippen molar-refractivity contribution >= 4 is 0 Å². The normalized spacial score (nSPS) is 27.2. The van der Waals surface area contributed by atoms with Gasteiger partial charge in [0.15, 0.2) is 0 Å². The van der Waals surface area contributed by atoms with Crippen LogP contribution in [0, 0.1) is 10.8 Å². The minimum atomic E-state index is 0.540. The predicted molar refractivity (Wildman–Crippen MR) is 74.3 cm³/mol. The van der Waals surface area contributed by atoms with Crippen LogP contribution in [0.1, 0.15) is 58.8 Å². The molecule has 2 nitrogen and oxygen atoms in total. The summed E-state index contributed by atoms with van der Waals surface area (Å²) < 4.78 is 0. The fourth-order valence-corrected chi connectivity index (χ4v) is 3.62. The fraction of sp³-hybridized carbons (Fsp3) is 1.00. The van der Waals surface area contributed by atoms with Gasteiger partial charge in [-0.3, -0.25) is 0 Å². The Morgan fingerprint density at radius 1 is 1.00 bits per heavy atom. The third-order valence-corrected chi connectivity index (χ3v) is 5.28. The van der Waals surface area contributed by atoms with Gasteiger partial charge in [-0.15, -0.1) is 0 Å². The first kappa shape index (κ1) is 13.4. The maximum absolute atomic E-state index is 3.80. The Morgan fingerprint density at radius 2 is 1.65 bits per heavy atom. The first-order valence-electron chi connectivity index (χ1n) is 7.60. The van der Waals surface area contributed by atoms with E-state index in [1.54, 1.807) is 0 Å². The average molecular weight is 238 g/mol. The van der Waals surface area contributed by atoms with Gasteiger partial charge in [-0.25, -0.2) is 0 Å². The number of hydrogen-bond donors (Lipinski definition) is 2. The van der Waals surface area contributed by atoms with Crippen molar-refractivity contribution in [3.05, 3.63) is 0 Å². The molecule has 0 amide bonds. The number of hydrogen-bond acceptors (Lipinski definition) is 2. The molecule has 0 spiro atoms. The molecule has 2 heteroatoms. The molecule has 0 aromatic heterocycles. The van der Waals surface area contributed by atoms with Crippen LogP contribution < -0.4 is 10.6 Å². The second-order valence-electron chi connectivity index (χ2n) is 6.72. The first-order valence-corrected chi connectivity index (χ1v) is 7.60. The van der Waals surface area contributed by atoms with E-state index in [0.717, 1.165) is 0 Å². The number of nitrogens with one attached hydrogen (secondary N) is 2. The summed E-state index contributed by atoms with van der Waals surface area (Å²) in [6.45, 7) is 9.71. The monoisotopic (exact) mass is 238 g/mol. The first-order chi connectivity index (χ1) is 8.18. The summed E-state index contributed by atoms with van der Waals surface area (Å²) in [6.07, 6.45) is 9.84. The minimum Gasteiger partial charge on any atom is -0.317 e. The maximum atomic E-state index is 3.80. The molecule has 100 valence electrons. The largest absolute Gasteiger partial charge is 0.317 e. The number of rotatable bonds is 5. The van der Waals surface area contributed by atoms with E-state index in [2.05, 4.69) is 24.5 Å². The van der Waals surface area contributed by atoms with Crippen LogP contribution >= 0.6 is 0 Å². The van der Waals surface area contributed by atoms with Gasteiger partial charge >= 0.3 is 0 Å². The van der Waals surface area contributed by atoms with Crippen LogP contribution in [0.15, 0.2) is 0 Å². The molecule has 2 N–H and O–H groups in total.